The van der Waals surface area contributed by atoms with Gasteiger partial charge in [0.25, 0.3) is 0 Å². The second kappa shape index (κ2) is 18.0. The lowest BCUT2D eigenvalue weighted by Gasteiger charge is -2.32. The minimum atomic E-state index is 0.591. The fraction of sp³-hybridized carbons (Fsp3) is 0.300. The lowest BCUT2D eigenvalue weighted by molar-refractivity contribution is 0.211. The van der Waals surface area contributed by atoms with Crippen molar-refractivity contribution in [2.45, 2.75) is 19.6 Å². The average Bonchev–Trinajstić information content (AvgIpc) is 2.95. The molecule has 0 radical (unpaired) electrons. The van der Waals surface area contributed by atoms with Crippen LogP contribution in [0, 0.1) is 0 Å². The van der Waals surface area contributed by atoms with E-state index in [0.717, 1.165) is 58.9 Å². The van der Waals surface area contributed by atoms with Crippen molar-refractivity contribution in [3.8, 4) is 0 Å². The average molecular weight is 645 g/mol. The minimum Gasteiger partial charge on any atom is -0.352 e. The zero-order valence-electron chi connectivity index (χ0n) is 22.4. The van der Waals surface area contributed by atoms with E-state index in [0.29, 0.717) is 13.0 Å². The van der Waals surface area contributed by atoms with Crippen LogP contribution in [0.3, 0.4) is 0 Å². The molecule has 0 aliphatic carbocycles. The Balaban J connectivity index is 1.69. The fourth-order valence-corrected chi connectivity index (χ4v) is 5.24. The van der Waals surface area contributed by atoms with Crippen LogP contribution < -0.4 is 0 Å². The van der Waals surface area contributed by atoms with Gasteiger partial charge in [-0.2, -0.15) is 0 Å². The molecule has 3 rings (SSSR count). The molecule has 0 amide bonds. The van der Waals surface area contributed by atoms with E-state index in [9.17, 15) is 0 Å². The molecule has 0 heterocycles. The van der Waals surface area contributed by atoms with E-state index in [1.165, 1.54) is 16.7 Å². The molecule has 0 unspecified atom stereocenters. The molecular formula is C30H36N4S6. The molecule has 40 heavy (non-hydrogen) atoms. The Kier molecular flexibility index (Phi) is 14.8. The monoisotopic (exact) mass is 644 g/mol. The Morgan fingerprint density at radius 1 is 0.425 bits per heavy atom. The van der Waals surface area contributed by atoms with E-state index >= 15 is 0 Å². The number of thiocarbonyl (C=S) groups is 3. The highest BCUT2D eigenvalue weighted by Gasteiger charge is 2.16. The summed E-state index contributed by atoms with van der Waals surface area (Å²) in [6.07, 6.45) is 0. The van der Waals surface area contributed by atoms with Crippen LogP contribution in [-0.2, 0) is 19.6 Å². The molecule has 0 aliphatic rings. The first-order valence-corrected chi connectivity index (χ1v) is 15.7. The molecule has 0 bridgehead atoms. The van der Waals surface area contributed by atoms with Crippen LogP contribution in [0.1, 0.15) is 16.7 Å². The summed E-state index contributed by atoms with van der Waals surface area (Å²) < 4.78 is 1.77. The van der Waals surface area contributed by atoms with Gasteiger partial charge in [0, 0.05) is 58.9 Å². The van der Waals surface area contributed by atoms with Crippen LogP contribution in [0.5, 0.6) is 0 Å². The number of nitrogens with zero attached hydrogens (tertiary/aromatic N) is 4. The van der Waals surface area contributed by atoms with Crippen molar-refractivity contribution in [2.24, 2.45) is 0 Å². The second-order valence-electron chi connectivity index (χ2n) is 9.41. The molecule has 0 atom stereocenters. The molecule has 0 saturated carbocycles. The van der Waals surface area contributed by atoms with Gasteiger partial charge in [-0.1, -0.05) is 128 Å². The number of benzene rings is 3. The van der Waals surface area contributed by atoms with Crippen molar-refractivity contribution in [1.29, 1.82) is 0 Å². The van der Waals surface area contributed by atoms with Gasteiger partial charge in [-0.15, -0.1) is 37.9 Å². The maximum absolute atomic E-state index is 5.50. The number of hydrogen-bond donors (Lipinski definition) is 3. The molecule has 0 aliphatic heterocycles. The van der Waals surface area contributed by atoms with Gasteiger partial charge >= 0.3 is 0 Å². The zero-order chi connectivity index (χ0) is 28.7. The zero-order valence-corrected chi connectivity index (χ0v) is 27.5. The summed E-state index contributed by atoms with van der Waals surface area (Å²) in [5.41, 5.74) is 3.61. The summed E-state index contributed by atoms with van der Waals surface area (Å²) in [6.45, 7) is 6.86. The Bertz CT molecular complexity index is 1050. The van der Waals surface area contributed by atoms with Gasteiger partial charge in [-0.05, 0) is 16.7 Å². The largest absolute Gasteiger partial charge is 0.352 e. The third kappa shape index (κ3) is 12.1. The molecule has 0 saturated heterocycles. The van der Waals surface area contributed by atoms with E-state index < -0.39 is 0 Å². The predicted molar refractivity (Wildman–Crippen MR) is 192 cm³/mol. The molecule has 0 spiro atoms. The molecular weight excluding hydrogens is 609 g/mol. The SMILES string of the molecule is S=C(S)N(CCN(CCN(Cc1ccccc1)C(=S)S)CCN(Cc1ccccc1)C(=S)S)Cc1ccccc1. The molecule has 0 N–H and O–H groups in total. The van der Waals surface area contributed by atoms with E-state index in [-0.39, 0.29) is 0 Å². The van der Waals surface area contributed by atoms with Gasteiger partial charge in [0.05, 0.1) is 0 Å². The van der Waals surface area contributed by atoms with Crippen molar-refractivity contribution < 1.29 is 0 Å². The van der Waals surface area contributed by atoms with Crippen molar-refractivity contribution >= 4 is 87.5 Å². The first kappa shape index (κ1) is 32.8. The summed E-state index contributed by atoms with van der Waals surface area (Å²) in [5, 5.41) is 0. The van der Waals surface area contributed by atoms with Crippen LogP contribution >= 0.6 is 74.5 Å². The molecule has 3 aromatic rings. The maximum atomic E-state index is 5.50. The molecule has 4 nitrogen and oxygen atoms in total. The van der Waals surface area contributed by atoms with Crippen LogP contribution in [0.4, 0.5) is 0 Å². The first-order chi connectivity index (χ1) is 19.3. The van der Waals surface area contributed by atoms with E-state index in [1.54, 1.807) is 0 Å². The predicted octanol–water partition coefficient (Wildman–Crippen LogP) is 6.44. The van der Waals surface area contributed by atoms with Crippen LogP contribution in [0.25, 0.3) is 0 Å². The highest BCUT2D eigenvalue weighted by Crippen LogP contribution is 2.12. The molecule has 10 heteroatoms. The van der Waals surface area contributed by atoms with Gasteiger partial charge in [0.2, 0.25) is 0 Å². The summed E-state index contributed by atoms with van der Waals surface area (Å²) in [7, 11) is 0. The van der Waals surface area contributed by atoms with Gasteiger partial charge in [0.15, 0.2) is 0 Å². The lowest BCUT2D eigenvalue weighted by atomic mass is 10.2. The Morgan fingerprint density at radius 2 is 0.675 bits per heavy atom. The van der Waals surface area contributed by atoms with Crippen LogP contribution in [0.15, 0.2) is 91.0 Å². The number of rotatable bonds is 15. The van der Waals surface area contributed by atoms with Gasteiger partial charge in [0.1, 0.15) is 13.0 Å². The normalized spacial score (nSPS) is 10.8. The van der Waals surface area contributed by atoms with E-state index in [4.69, 9.17) is 36.7 Å². The molecule has 0 fully saturated rings. The van der Waals surface area contributed by atoms with E-state index in [1.807, 2.05) is 54.6 Å². The van der Waals surface area contributed by atoms with Gasteiger partial charge in [-0.3, -0.25) is 4.90 Å². The van der Waals surface area contributed by atoms with Crippen molar-refractivity contribution in [2.75, 3.05) is 39.3 Å². The number of thiol groups is 3. The highest BCUT2D eigenvalue weighted by atomic mass is 32.1. The lowest BCUT2D eigenvalue weighted by Crippen LogP contribution is -2.44. The molecule has 3 aromatic carbocycles. The van der Waals surface area contributed by atoms with Gasteiger partial charge < -0.3 is 14.7 Å². The van der Waals surface area contributed by atoms with Gasteiger partial charge in [-0.25, -0.2) is 0 Å². The Hall–Kier alpha value is -1.66. The third-order valence-corrected chi connectivity index (χ3v) is 8.14. The third-order valence-electron chi connectivity index (χ3n) is 6.52. The fourth-order valence-electron chi connectivity index (χ4n) is 4.26. The molecule has 212 valence electrons. The summed E-state index contributed by atoms with van der Waals surface area (Å²) >= 11 is 30.1. The molecule has 0 aromatic heterocycles. The topological polar surface area (TPSA) is 13.0 Å². The smallest absolute Gasteiger partial charge is 0.133 e. The van der Waals surface area contributed by atoms with Crippen molar-refractivity contribution in [1.82, 2.24) is 19.6 Å². The van der Waals surface area contributed by atoms with Crippen molar-refractivity contribution in [3.63, 3.8) is 0 Å². The minimum absolute atomic E-state index is 0.591. The summed E-state index contributed by atoms with van der Waals surface area (Å²) in [4.78, 5) is 8.84. The summed E-state index contributed by atoms with van der Waals surface area (Å²) in [6, 6.07) is 31.0. The standard InChI is InChI=1S/C30H36N4S6/c35-28(36)32(22-25-10-4-1-5-11-25)19-16-31(17-20-33(29(37)38)23-26-12-6-2-7-13-26)18-21-34(30(39)40)24-27-14-8-3-9-15-27/h1-15H,16-24H2,(H,35,36)(H,37,38)(H,39,40). The quantitative estimate of drug-likeness (QED) is 0.129. The Labute approximate surface area is 272 Å². The van der Waals surface area contributed by atoms with Crippen molar-refractivity contribution in [3.05, 3.63) is 108 Å². The van der Waals surface area contributed by atoms with Crippen LogP contribution in [0.2, 0.25) is 0 Å². The second-order valence-corrected chi connectivity index (χ2v) is 12.7. The Morgan fingerprint density at radius 3 is 0.900 bits per heavy atom. The van der Waals surface area contributed by atoms with Crippen LogP contribution in [-0.4, -0.2) is 71.8 Å². The maximum Gasteiger partial charge on any atom is 0.133 e. The van der Waals surface area contributed by atoms with E-state index in [2.05, 4.69) is 93.9 Å². The highest BCUT2D eigenvalue weighted by molar-refractivity contribution is 8.11. The number of hydrogen-bond acceptors (Lipinski definition) is 4. The summed E-state index contributed by atoms with van der Waals surface area (Å²) in [5.74, 6) is 0. The first-order valence-electron chi connectivity index (χ1n) is 13.1.